The smallest absolute Gasteiger partial charge is 0.287 e. The van der Waals surface area contributed by atoms with Crippen LogP contribution in [-0.4, -0.2) is 12.5 Å². The molecule has 3 nitrogen and oxygen atoms in total. The van der Waals surface area contributed by atoms with Crippen LogP contribution >= 0.6 is 11.6 Å². The van der Waals surface area contributed by atoms with Gasteiger partial charge in [0.15, 0.2) is 5.76 Å². The summed E-state index contributed by atoms with van der Waals surface area (Å²) >= 11 is 5.94. The summed E-state index contributed by atoms with van der Waals surface area (Å²) in [4.78, 5) is 12.0. The van der Waals surface area contributed by atoms with Gasteiger partial charge in [0.05, 0.1) is 0 Å². The van der Waals surface area contributed by atoms with Crippen LogP contribution in [0.3, 0.4) is 0 Å². The van der Waals surface area contributed by atoms with Crippen molar-refractivity contribution < 1.29 is 9.21 Å². The van der Waals surface area contributed by atoms with Gasteiger partial charge in [0.1, 0.15) is 5.58 Å². The number of aryl methyl sites for hydroxylation is 1. The van der Waals surface area contributed by atoms with Gasteiger partial charge in [0.25, 0.3) is 5.91 Å². The van der Waals surface area contributed by atoms with Gasteiger partial charge in [-0.15, -0.1) is 0 Å². The Kier molecular flexibility index (Phi) is 3.62. The SMILES string of the molecule is Cc1c(C(=O)NCC(C)C)oc2ccc(Cl)cc12. The molecular formula is C14H16ClNO2. The molecule has 4 heteroatoms. The summed E-state index contributed by atoms with van der Waals surface area (Å²) in [5, 5.41) is 4.37. The molecule has 2 rings (SSSR count). The Labute approximate surface area is 111 Å². The lowest BCUT2D eigenvalue weighted by Crippen LogP contribution is -2.27. The Hall–Kier alpha value is -1.48. The van der Waals surface area contributed by atoms with Crippen LogP contribution in [0.2, 0.25) is 5.02 Å². The molecular weight excluding hydrogens is 250 g/mol. The topological polar surface area (TPSA) is 42.2 Å². The summed E-state index contributed by atoms with van der Waals surface area (Å²) in [6, 6.07) is 5.35. The van der Waals surface area contributed by atoms with Crippen molar-refractivity contribution in [2.75, 3.05) is 6.54 Å². The molecule has 0 aliphatic carbocycles. The van der Waals surface area contributed by atoms with Crippen molar-refractivity contribution in [1.82, 2.24) is 5.32 Å². The highest BCUT2D eigenvalue weighted by molar-refractivity contribution is 6.31. The number of carbonyl (C=O) groups excluding carboxylic acids is 1. The highest BCUT2D eigenvalue weighted by Crippen LogP contribution is 2.27. The predicted molar refractivity (Wildman–Crippen MR) is 73.1 cm³/mol. The Morgan fingerprint density at radius 2 is 2.17 bits per heavy atom. The van der Waals surface area contributed by atoms with Crippen molar-refractivity contribution >= 4 is 28.5 Å². The highest BCUT2D eigenvalue weighted by atomic mass is 35.5. The second kappa shape index (κ2) is 5.02. The van der Waals surface area contributed by atoms with Crippen LogP contribution < -0.4 is 5.32 Å². The third kappa shape index (κ3) is 2.51. The summed E-state index contributed by atoms with van der Waals surface area (Å²) in [5.41, 5.74) is 1.51. The number of nitrogens with one attached hydrogen (secondary N) is 1. The van der Waals surface area contributed by atoms with Crippen molar-refractivity contribution in [3.8, 4) is 0 Å². The zero-order valence-corrected chi connectivity index (χ0v) is 11.5. The molecule has 1 aromatic heterocycles. The maximum absolute atomic E-state index is 12.0. The number of furan rings is 1. The number of benzene rings is 1. The van der Waals surface area contributed by atoms with Gasteiger partial charge in [-0.3, -0.25) is 4.79 Å². The number of fused-ring (bicyclic) bond motifs is 1. The van der Waals surface area contributed by atoms with E-state index >= 15 is 0 Å². The summed E-state index contributed by atoms with van der Waals surface area (Å²) in [6.45, 7) is 6.60. The third-order valence-electron chi connectivity index (χ3n) is 2.78. The van der Waals surface area contributed by atoms with Gasteiger partial charge in [0.2, 0.25) is 0 Å². The van der Waals surface area contributed by atoms with Gasteiger partial charge in [-0.2, -0.15) is 0 Å². The van der Waals surface area contributed by atoms with E-state index in [0.29, 0.717) is 28.8 Å². The van der Waals surface area contributed by atoms with E-state index < -0.39 is 0 Å². The molecule has 1 N–H and O–H groups in total. The molecule has 0 atom stereocenters. The molecule has 1 heterocycles. The molecule has 0 aliphatic heterocycles. The Balaban J connectivity index is 2.34. The largest absolute Gasteiger partial charge is 0.451 e. The molecule has 0 aliphatic rings. The standard InChI is InChI=1S/C14H16ClNO2/c1-8(2)7-16-14(17)13-9(3)11-6-10(15)4-5-12(11)18-13/h4-6,8H,7H2,1-3H3,(H,16,17). The molecule has 1 aromatic carbocycles. The second-order valence-corrected chi connectivity index (χ2v) is 5.24. The van der Waals surface area contributed by atoms with Gasteiger partial charge in [-0.05, 0) is 31.0 Å². The molecule has 0 unspecified atom stereocenters. The van der Waals surface area contributed by atoms with E-state index in [0.717, 1.165) is 10.9 Å². The molecule has 2 aromatic rings. The molecule has 0 fully saturated rings. The van der Waals surface area contributed by atoms with Crippen LogP contribution in [0.5, 0.6) is 0 Å². The zero-order chi connectivity index (χ0) is 13.3. The van der Waals surface area contributed by atoms with Crippen LogP contribution in [0.15, 0.2) is 22.6 Å². The number of amides is 1. The van der Waals surface area contributed by atoms with Crippen LogP contribution in [0.1, 0.15) is 30.0 Å². The average molecular weight is 266 g/mol. The monoisotopic (exact) mass is 265 g/mol. The van der Waals surface area contributed by atoms with E-state index in [4.69, 9.17) is 16.0 Å². The fraction of sp³-hybridized carbons (Fsp3) is 0.357. The molecule has 0 spiro atoms. The molecule has 0 saturated carbocycles. The lowest BCUT2D eigenvalue weighted by molar-refractivity contribution is 0.0922. The van der Waals surface area contributed by atoms with Gasteiger partial charge < -0.3 is 9.73 Å². The number of halogens is 1. The van der Waals surface area contributed by atoms with E-state index in [1.807, 2.05) is 26.8 Å². The van der Waals surface area contributed by atoms with Gasteiger partial charge in [-0.1, -0.05) is 25.4 Å². The first kappa shape index (κ1) is 13.0. The molecule has 0 saturated heterocycles. The van der Waals surface area contributed by atoms with Crippen molar-refractivity contribution in [3.05, 3.63) is 34.5 Å². The summed E-state index contributed by atoms with van der Waals surface area (Å²) in [7, 11) is 0. The van der Waals surface area contributed by atoms with E-state index in [2.05, 4.69) is 5.32 Å². The first-order valence-corrected chi connectivity index (χ1v) is 6.33. The van der Waals surface area contributed by atoms with Crippen LogP contribution in [0.25, 0.3) is 11.0 Å². The third-order valence-corrected chi connectivity index (χ3v) is 3.01. The summed E-state index contributed by atoms with van der Waals surface area (Å²) < 4.78 is 5.58. The van der Waals surface area contributed by atoms with Crippen LogP contribution in [0, 0.1) is 12.8 Å². The van der Waals surface area contributed by atoms with Gasteiger partial charge >= 0.3 is 0 Å². The average Bonchev–Trinajstić information content (AvgIpc) is 2.64. The van der Waals surface area contributed by atoms with Crippen LogP contribution in [-0.2, 0) is 0 Å². The lowest BCUT2D eigenvalue weighted by atomic mass is 10.1. The van der Waals surface area contributed by atoms with E-state index in [9.17, 15) is 4.79 Å². The molecule has 0 radical (unpaired) electrons. The van der Waals surface area contributed by atoms with Crippen molar-refractivity contribution in [1.29, 1.82) is 0 Å². The molecule has 0 bridgehead atoms. The van der Waals surface area contributed by atoms with Crippen molar-refractivity contribution in [3.63, 3.8) is 0 Å². The molecule has 96 valence electrons. The minimum atomic E-state index is -0.173. The molecule has 18 heavy (non-hydrogen) atoms. The van der Waals surface area contributed by atoms with Crippen molar-refractivity contribution in [2.45, 2.75) is 20.8 Å². The minimum Gasteiger partial charge on any atom is -0.451 e. The van der Waals surface area contributed by atoms with Crippen LogP contribution in [0.4, 0.5) is 0 Å². The van der Waals surface area contributed by atoms with E-state index in [1.165, 1.54) is 0 Å². The fourth-order valence-corrected chi connectivity index (χ4v) is 1.96. The van der Waals surface area contributed by atoms with Crippen molar-refractivity contribution in [2.24, 2.45) is 5.92 Å². The maximum Gasteiger partial charge on any atom is 0.287 e. The minimum absolute atomic E-state index is 0.173. The maximum atomic E-state index is 12.0. The summed E-state index contributed by atoms with van der Waals surface area (Å²) in [5.74, 6) is 0.606. The number of rotatable bonds is 3. The highest BCUT2D eigenvalue weighted by Gasteiger charge is 2.17. The Morgan fingerprint density at radius 1 is 1.44 bits per heavy atom. The number of hydrogen-bond acceptors (Lipinski definition) is 2. The quantitative estimate of drug-likeness (QED) is 0.918. The van der Waals surface area contributed by atoms with E-state index in [1.54, 1.807) is 12.1 Å². The summed E-state index contributed by atoms with van der Waals surface area (Å²) in [6.07, 6.45) is 0. The van der Waals surface area contributed by atoms with Gasteiger partial charge in [0, 0.05) is 22.5 Å². The Bertz CT molecular complexity index is 587. The predicted octanol–water partition coefficient (Wildman–Crippen LogP) is 3.78. The zero-order valence-electron chi connectivity index (χ0n) is 10.7. The van der Waals surface area contributed by atoms with Gasteiger partial charge in [-0.25, -0.2) is 0 Å². The second-order valence-electron chi connectivity index (χ2n) is 4.80. The lowest BCUT2D eigenvalue weighted by Gasteiger charge is -2.05. The Morgan fingerprint density at radius 3 is 2.83 bits per heavy atom. The first-order valence-electron chi connectivity index (χ1n) is 5.96. The first-order chi connectivity index (χ1) is 8.49. The number of carbonyl (C=O) groups is 1. The number of hydrogen-bond donors (Lipinski definition) is 1. The fourth-order valence-electron chi connectivity index (χ4n) is 1.79. The van der Waals surface area contributed by atoms with E-state index in [-0.39, 0.29) is 5.91 Å². The molecule has 1 amide bonds. The normalized spacial score (nSPS) is 11.2.